The van der Waals surface area contributed by atoms with E-state index in [-0.39, 0.29) is 23.8 Å². The Bertz CT molecular complexity index is 894. The van der Waals surface area contributed by atoms with Crippen LogP contribution in [0.2, 0.25) is 0 Å². The van der Waals surface area contributed by atoms with Crippen molar-refractivity contribution in [2.75, 3.05) is 20.2 Å². The van der Waals surface area contributed by atoms with E-state index in [0.29, 0.717) is 17.1 Å². The van der Waals surface area contributed by atoms with Crippen LogP contribution in [-0.4, -0.2) is 44.8 Å². The maximum Gasteiger partial charge on any atom is 0.242 e. The first-order valence-corrected chi connectivity index (χ1v) is 9.28. The second kappa shape index (κ2) is 6.85. The summed E-state index contributed by atoms with van der Waals surface area (Å²) in [5, 5.41) is 0. The lowest BCUT2D eigenvalue weighted by molar-refractivity contribution is 0.0798. The van der Waals surface area contributed by atoms with Crippen molar-refractivity contribution in [1.29, 1.82) is 0 Å². The van der Waals surface area contributed by atoms with Gasteiger partial charge in [0.15, 0.2) is 17.3 Å². The average molecular weight is 361 g/mol. The first-order chi connectivity index (χ1) is 11.9. The van der Waals surface area contributed by atoms with Crippen LogP contribution in [0, 0.1) is 0 Å². The van der Waals surface area contributed by atoms with E-state index in [0.717, 1.165) is 0 Å². The highest BCUT2D eigenvalue weighted by molar-refractivity contribution is 7.89. The van der Waals surface area contributed by atoms with Crippen LogP contribution in [0.1, 0.15) is 17.3 Å². The van der Waals surface area contributed by atoms with Gasteiger partial charge in [0.25, 0.3) is 0 Å². The van der Waals surface area contributed by atoms with E-state index in [1.807, 2.05) is 12.1 Å². The van der Waals surface area contributed by atoms with Gasteiger partial charge in [0.05, 0.1) is 11.4 Å². The molecule has 0 bridgehead atoms. The maximum atomic E-state index is 12.7. The van der Waals surface area contributed by atoms with Crippen molar-refractivity contribution in [3.05, 3.63) is 54.1 Å². The molecule has 0 saturated carbocycles. The van der Waals surface area contributed by atoms with Crippen LogP contribution in [0.5, 0.6) is 11.5 Å². The van der Waals surface area contributed by atoms with Crippen LogP contribution in [0.4, 0.5) is 0 Å². The Morgan fingerprint density at radius 3 is 2.60 bits per heavy atom. The summed E-state index contributed by atoms with van der Waals surface area (Å²) >= 11 is 0. The van der Waals surface area contributed by atoms with Gasteiger partial charge in [-0.2, -0.15) is 4.31 Å². The molecule has 6 nitrogen and oxygen atoms in total. The molecule has 0 N–H and O–H groups in total. The number of sulfonamides is 1. The second-order valence-electron chi connectivity index (χ2n) is 5.87. The smallest absolute Gasteiger partial charge is 0.242 e. The number of carbonyl (C=O) groups excluding carboxylic acids is 1. The molecule has 0 saturated heterocycles. The van der Waals surface area contributed by atoms with Gasteiger partial charge in [-0.05, 0) is 31.2 Å². The predicted molar refractivity (Wildman–Crippen MR) is 92.6 cm³/mol. The zero-order valence-corrected chi connectivity index (χ0v) is 14.8. The highest BCUT2D eigenvalue weighted by Crippen LogP contribution is 2.31. The van der Waals surface area contributed by atoms with Gasteiger partial charge in [0.2, 0.25) is 10.0 Å². The molecular formula is C18H19NO5S. The largest absolute Gasteiger partial charge is 0.486 e. The van der Waals surface area contributed by atoms with Crippen molar-refractivity contribution in [2.24, 2.45) is 0 Å². The highest BCUT2D eigenvalue weighted by Gasteiger charge is 2.28. The molecule has 1 aliphatic heterocycles. The van der Waals surface area contributed by atoms with Crippen molar-refractivity contribution in [3.8, 4) is 11.5 Å². The number of ketones is 1. The quantitative estimate of drug-likeness (QED) is 0.765. The molecule has 1 aliphatic rings. The molecule has 2 aromatic carbocycles. The minimum absolute atomic E-state index is 0.0832. The lowest BCUT2D eigenvalue weighted by Gasteiger charge is -2.29. The van der Waals surface area contributed by atoms with E-state index < -0.39 is 16.1 Å². The number of benzene rings is 2. The number of ether oxygens (including phenoxy) is 2. The topological polar surface area (TPSA) is 72.9 Å². The van der Waals surface area contributed by atoms with E-state index in [1.54, 1.807) is 24.3 Å². The van der Waals surface area contributed by atoms with Crippen LogP contribution in [-0.2, 0) is 10.0 Å². The SMILES string of the molecule is CC(=O)c1cccc(S(=O)(=O)N(C)CC2COc3ccccc3O2)c1. The summed E-state index contributed by atoms with van der Waals surface area (Å²) in [7, 11) is -2.24. The number of nitrogens with zero attached hydrogens (tertiary/aromatic N) is 1. The molecule has 0 fully saturated rings. The van der Waals surface area contributed by atoms with Crippen molar-refractivity contribution in [2.45, 2.75) is 17.9 Å². The molecule has 25 heavy (non-hydrogen) atoms. The molecule has 0 spiro atoms. The Kier molecular flexibility index (Phi) is 4.78. The molecule has 2 aromatic rings. The van der Waals surface area contributed by atoms with Gasteiger partial charge in [0.1, 0.15) is 12.7 Å². The Labute approximate surface area is 147 Å². The molecule has 1 unspecified atom stereocenters. The number of para-hydroxylation sites is 2. The third kappa shape index (κ3) is 3.67. The van der Waals surface area contributed by atoms with E-state index in [4.69, 9.17) is 9.47 Å². The molecule has 3 rings (SSSR count). The van der Waals surface area contributed by atoms with Crippen LogP contribution >= 0.6 is 0 Å². The minimum atomic E-state index is -3.73. The Balaban J connectivity index is 1.75. The fourth-order valence-electron chi connectivity index (χ4n) is 2.59. The number of rotatable bonds is 5. The van der Waals surface area contributed by atoms with Crippen LogP contribution < -0.4 is 9.47 Å². The van der Waals surface area contributed by atoms with Gasteiger partial charge < -0.3 is 9.47 Å². The molecule has 0 amide bonds. The molecule has 1 heterocycles. The van der Waals surface area contributed by atoms with Crippen LogP contribution in [0.25, 0.3) is 0 Å². The fourth-order valence-corrected chi connectivity index (χ4v) is 3.84. The van der Waals surface area contributed by atoms with Crippen molar-refractivity contribution in [1.82, 2.24) is 4.31 Å². The number of hydrogen-bond acceptors (Lipinski definition) is 5. The van der Waals surface area contributed by atoms with E-state index in [9.17, 15) is 13.2 Å². The Hall–Kier alpha value is -2.38. The summed E-state index contributed by atoms with van der Waals surface area (Å²) in [6, 6.07) is 13.3. The first-order valence-electron chi connectivity index (χ1n) is 7.84. The molecular weight excluding hydrogens is 342 g/mol. The maximum absolute atomic E-state index is 12.7. The molecule has 0 aromatic heterocycles. The monoisotopic (exact) mass is 361 g/mol. The lowest BCUT2D eigenvalue weighted by atomic mass is 10.2. The lowest BCUT2D eigenvalue weighted by Crippen LogP contribution is -2.41. The van der Waals surface area contributed by atoms with E-state index in [2.05, 4.69) is 0 Å². The van der Waals surface area contributed by atoms with Crippen molar-refractivity contribution >= 4 is 15.8 Å². The van der Waals surface area contributed by atoms with Gasteiger partial charge in [-0.1, -0.05) is 24.3 Å². The second-order valence-corrected chi connectivity index (χ2v) is 7.91. The summed E-state index contributed by atoms with van der Waals surface area (Å²) < 4.78 is 38.1. The average Bonchev–Trinajstić information content (AvgIpc) is 2.61. The van der Waals surface area contributed by atoms with Crippen LogP contribution in [0.3, 0.4) is 0 Å². The molecule has 0 aliphatic carbocycles. The zero-order valence-electron chi connectivity index (χ0n) is 14.0. The van der Waals surface area contributed by atoms with Gasteiger partial charge in [-0.25, -0.2) is 8.42 Å². The van der Waals surface area contributed by atoms with Crippen LogP contribution in [0.15, 0.2) is 53.4 Å². The minimum Gasteiger partial charge on any atom is -0.486 e. The first kappa shape index (κ1) is 17.4. The molecule has 1 atom stereocenters. The standard InChI is InChI=1S/C18H19NO5S/c1-13(20)14-6-5-7-16(10-14)25(21,22)19(2)11-15-12-23-17-8-3-4-9-18(17)24-15/h3-10,15H,11-12H2,1-2H3. The normalized spacial score (nSPS) is 16.7. The predicted octanol–water partition coefficient (Wildman–Crippen LogP) is 2.35. The van der Waals surface area contributed by atoms with Gasteiger partial charge in [-0.3, -0.25) is 4.79 Å². The zero-order chi connectivity index (χ0) is 18.0. The Morgan fingerprint density at radius 1 is 1.16 bits per heavy atom. The molecule has 132 valence electrons. The van der Waals surface area contributed by atoms with Crippen molar-refractivity contribution in [3.63, 3.8) is 0 Å². The van der Waals surface area contributed by atoms with Gasteiger partial charge >= 0.3 is 0 Å². The number of Topliss-reactive ketones (excluding diaryl/α,β-unsaturated/α-hetero) is 1. The molecule has 7 heteroatoms. The summed E-state index contributed by atoms with van der Waals surface area (Å²) in [6.07, 6.45) is -0.411. The number of carbonyl (C=O) groups is 1. The van der Waals surface area contributed by atoms with E-state index in [1.165, 1.54) is 30.4 Å². The van der Waals surface area contributed by atoms with Gasteiger partial charge in [0, 0.05) is 12.6 Å². The van der Waals surface area contributed by atoms with E-state index >= 15 is 0 Å². The number of likely N-dealkylation sites (N-methyl/N-ethyl adjacent to an activating group) is 1. The number of fused-ring (bicyclic) bond motifs is 1. The molecule has 0 radical (unpaired) electrons. The summed E-state index contributed by atoms with van der Waals surface area (Å²) in [4.78, 5) is 11.6. The third-order valence-electron chi connectivity index (χ3n) is 3.98. The third-order valence-corrected chi connectivity index (χ3v) is 5.80. The summed E-state index contributed by atoms with van der Waals surface area (Å²) in [5.74, 6) is 1.07. The fraction of sp³-hybridized carbons (Fsp3) is 0.278. The van der Waals surface area contributed by atoms with Crippen molar-refractivity contribution < 1.29 is 22.7 Å². The summed E-state index contributed by atoms with van der Waals surface area (Å²) in [5.41, 5.74) is 0.362. The summed E-state index contributed by atoms with van der Waals surface area (Å²) in [6.45, 7) is 1.81. The number of hydrogen-bond donors (Lipinski definition) is 0. The van der Waals surface area contributed by atoms with Gasteiger partial charge in [-0.15, -0.1) is 0 Å². The highest BCUT2D eigenvalue weighted by atomic mass is 32.2. The Morgan fingerprint density at radius 2 is 1.88 bits per heavy atom.